The Hall–Kier alpha value is -1.99. The lowest BCUT2D eigenvalue weighted by Gasteiger charge is -2.30. The Bertz CT molecular complexity index is 723. The molecule has 28 heavy (non-hydrogen) atoms. The molecular weight excluding hydrogens is 382 g/mol. The normalized spacial score (nSPS) is 23.5. The average molecular weight is 410 g/mol. The largest absolute Gasteiger partial charge is 0.486 e. The fraction of sp³-hybridized carbons (Fsp3) is 0.600. The van der Waals surface area contributed by atoms with Crippen molar-refractivity contribution in [1.82, 2.24) is 10.2 Å². The number of benzene rings is 1. The summed E-state index contributed by atoms with van der Waals surface area (Å²) in [6.07, 6.45) is 2.18. The number of hydrogen-bond acceptors (Lipinski definition) is 5. The van der Waals surface area contributed by atoms with Crippen molar-refractivity contribution in [1.29, 1.82) is 0 Å². The highest BCUT2D eigenvalue weighted by molar-refractivity contribution is 6.00. The molecule has 0 radical (unpaired) electrons. The number of nitrogens with one attached hydrogen (secondary N) is 1. The van der Waals surface area contributed by atoms with Gasteiger partial charge >= 0.3 is 0 Å². The van der Waals surface area contributed by atoms with Crippen molar-refractivity contribution in [3.63, 3.8) is 0 Å². The van der Waals surface area contributed by atoms with E-state index in [2.05, 4.69) is 12.2 Å². The number of anilines is 1. The zero-order valence-corrected chi connectivity index (χ0v) is 17.0. The lowest BCUT2D eigenvalue weighted by atomic mass is 10.0. The fourth-order valence-corrected chi connectivity index (χ4v) is 4.18. The maximum Gasteiger partial charge on any atom is 0.228 e. The van der Waals surface area contributed by atoms with Crippen LogP contribution in [0.1, 0.15) is 26.2 Å². The van der Waals surface area contributed by atoms with E-state index in [1.165, 1.54) is 0 Å². The summed E-state index contributed by atoms with van der Waals surface area (Å²) in [6.45, 7) is 6.10. The van der Waals surface area contributed by atoms with Crippen LogP contribution in [0.2, 0.25) is 0 Å². The molecule has 0 bridgehead atoms. The number of halogens is 1. The van der Waals surface area contributed by atoms with E-state index in [9.17, 15) is 9.59 Å². The van der Waals surface area contributed by atoms with Gasteiger partial charge in [-0.1, -0.05) is 6.92 Å². The summed E-state index contributed by atoms with van der Waals surface area (Å²) in [4.78, 5) is 29.5. The number of amides is 2. The van der Waals surface area contributed by atoms with Gasteiger partial charge in [0.1, 0.15) is 13.2 Å². The SMILES string of the molecule is CCCN(C(=O)C1CC(=O)N(c2ccc3c(c2)OCCO3)C1)C1CCNC1.Cl. The molecule has 7 nitrogen and oxygen atoms in total. The second kappa shape index (κ2) is 9.01. The monoisotopic (exact) mass is 409 g/mol. The van der Waals surface area contributed by atoms with Gasteiger partial charge in [-0.2, -0.15) is 0 Å². The Balaban J connectivity index is 0.00000225. The Morgan fingerprint density at radius 3 is 2.79 bits per heavy atom. The quantitative estimate of drug-likeness (QED) is 0.803. The molecule has 1 aromatic carbocycles. The average Bonchev–Trinajstić information content (AvgIpc) is 3.35. The van der Waals surface area contributed by atoms with Crippen LogP contribution >= 0.6 is 12.4 Å². The second-order valence-electron chi connectivity index (χ2n) is 7.41. The predicted octanol–water partition coefficient (Wildman–Crippen LogP) is 1.83. The number of fused-ring (bicyclic) bond motifs is 1. The second-order valence-corrected chi connectivity index (χ2v) is 7.41. The summed E-state index contributed by atoms with van der Waals surface area (Å²) in [5.74, 6) is 1.18. The van der Waals surface area contributed by atoms with E-state index in [0.29, 0.717) is 31.3 Å². The van der Waals surface area contributed by atoms with Gasteiger partial charge in [0, 0.05) is 43.9 Å². The smallest absolute Gasteiger partial charge is 0.228 e. The fourth-order valence-electron chi connectivity index (χ4n) is 4.18. The molecule has 2 amide bonds. The highest BCUT2D eigenvalue weighted by Gasteiger charge is 2.39. The maximum absolute atomic E-state index is 13.2. The Labute approximate surface area is 171 Å². The summed E-state index contributed by atoms with van der Waals surface area (Å²) in [7, 11) is 0. The van der Waals surface area contributed by atoms with Crippen LogP contribution in [-0.2, 0) is 9.59 Å². The van der Waals surface area contributed by atoms with Crippen LogP contribution in [-0.4, -0.2) is 62.1 Å². The van der Waals surface area contributed by atoms with Crippen molar-refractivity contribution < 1.29 is 19.1 Å². The molecule has 1 aromatic rings. The Morgan fingerprint density at radius 1 is 1.29 bits per heavy atom. The molecule has 2 fully saturated rings. The van der Waals surface area contributed by atoms with Gasteiger partial charge in [-0.3, -0.25) is 9.59 Å². The molecule has 3 heterocycles. The third-order valence-electron chi connectivity index (χ3n) is 5.53. The first-order chi connectivity index (χ1) is 13.2. The topological polar surface area (TPSA) is 71.1 Å². The van der Waals surface area contributed by atoms with Gasteiger partial charge in [-0.25, -0.2) is 0 Å². The van der Waals surface area contributed by atoms with Crippen molar-refractivity contribution in [2.75, 3.05) is 44.3 Å². The van der Waals surface area contributed by atoms with Gasteiger partial charge in [0.25, 0.3) is 0 Å². The minimum Gasteiger partial charge on any atom is -0.486 e. The van der Waals surface area contributed by atoms with Gasteiger partial charge < -0.3 is 24.6 Å². The molecule has 0 spiro atoms. The minimum absolute atomic E-state index is 0. The molecule has 4 rings (SSSR count). The van der Waals surface area contributed by atoms with Crippen LogP contribution in [0.3, 0.4) is 0 Å². The van der Waals surface area contributed by atoms with E-state index in [1.807, 2.05) is 23.1 Å². The number of carbonyl (C=O) groups is 2. The van der Waals surface area contributed by atoms with E-state index in [0.717, 1.165) is 38.2 Å². The first kappa shape index (κ1) is 20.7. The third kappa shape index (κ3) is 4.05. The lowest BCUT2D eigenvalue weighted by Crippen LogP contribution is -2.45. The van der Waals surface area contributed by atoms with E-state index < -0.39 is 0 Å². The molecule has 3 aliphatic heterocycles. The molecule has 2 unspecified atom stereocenters. The molecule has 8 heteroatoms. The number of ether oxygens (including phenoxy) is 2. The molecule has 0 aliphatic carbocycles. The minimum atomic E-state index is -0.280. The van der Waals surface area contributed by atoms with Gasteiger partial charge in [-0.15, -0.1) is 12.4 Å². The van der Waals surface area contributed by atoms with Gasteiger partial charge in [0.15, 0.2) is 11.5 Å². The zero-order chi connectivity index (χ0) is 18.8. The van der Waals surface area contributed by atoms with E-state index in [4.69, 9.17) is 9.47 Å². The van der Waals surface area contributed by atoms with Crippen LogP contribution in [0.5, 0.6) is 11.5 Å². The zero-order valence-electron chi connectivity index (χ0n) is 16.2. The van der Waals surface area contributed by atoms with Crippen molar-refractivity contribution in [2.45, 2.75) is 32.2 Å². The highest BCUT2D eigenvalue weighted by Crippen LogP contribution is 2.36. The third-order valence-corrected chi connectivity index (χ3v) is 5.53. The first-order valence-electron chi connectivity index (χ1n) is 9.88. The van der Waals surface area contributed by atoms with Crippen LogP contribution in [0.25, 0.3) is 0 Å². The number of hydrogen-bond donors (Lipinski definition) is 1. The lowest BCUT2D eigenvalue weighted by molar-refractivity contribution is -0.137. The van der Waals surface area contributed by atoms with E-state index in [-0.39, 0.29) is 42.6 Å². The summed E-state index contributed by atoms with van der Waals surface area (Å²) in [6, 6.07) is 5.78. The van der Waals surface area contributed by atoms with E-state index >= 15 is 0 Å². The maximum atomic E-state index is 13.2. The van der Waals surface area contributed by atoms with Gasteiger partial charge in [0.2, 0.25) is 11.8 Å². The van der Waals surface area contributed by atoms with Gasteiger partial charge in [-0.05, 0) is 31.5 Å². The molecular formula is C20H28ClN3O4. The van der Waals surface area contributed by atoms with E-state index in [1.54, 1.807) is 4.90 Å². The first-order valence-corrected chi connectivity index (χ1v) is 9.88. The van der Waals surface area contributed by atoms with Crippen LogP contribution in [0, 0.1) is 5.92 Å². The van der Waals surface area contributed by atoms with Crippen molar-refractivity contribution >= 4 is 29.9 Å². The number of rotatable bonds is 5. The molecule has 1 N–H and O–H groups in total. The molecule has 3 aliphatic rings. The molecule has 2 atom stereocenters. The molecule has 2 saturated heterocycles. The van der Waals surface area contributed by atoms with Crippen molar-refractivity contribution in [3.05, 3.63) is 18.2 Å². The molecule has 0 aromatic heterocycles. The van der Waals surface area contributed by atoms with Crippen molar-refractivity contribution in [3.8, 4) is 11.5 Å². The number of carbonyl (C=O) groups excluding carboxylic acids is 2. The summed E-state index contributed by atoms with van der Waals surface area (Å²) in [5.41, 5.74) is 0.768. The summed E-state index contributed by atoms with van der Waals surface area (Å²) in [5, 5.41) is 3.33. The van der Waals surface area contributed by atoms with Crippen LogP contribution in [0.4, 0.5) is 5.69 Å². The summed E-state index contributed by atoms with van der Waals surface area (Å²) < 4.78 is 11.2. The number of nitrogens with zero attached hydrogens (tertiary/aromatic N) is 2. The standard InChI is InChI=1S/C20H27N3O4.ClH/c1-2-7-22(16-5-6-21-12-16)20(25)14-10-19(24)23(13-14)15-3-4-17-18(11-15)27-9-8-26-17;/h3-4,11,14,16,21H,2,5-10,12-13H2,1H3;1H. The van der Waals surface area contributed by atoms with Crippen LogP contribution in [0.15, 0.2) is 18.2 Å². The molecule has 0 saturated carbocycles. The Morgan fingerprint density at radius 2 is 2.07 bits per heavy atom. The molecule has 154 valence electrons. The summed E-state index contributed by atoms with van der Waals surface area (Å²) >= 11 is 0. The highest BCUT2D eigenvalue weighted by atomic mass is 35.5. The predicted molar refractivity (Wildman–Crippen MR) is 108 cm³/mol. The van der Waals surface area contributed by atoms with Crippen molar-refractivity contribution in [2.24, 2.45) is 5.92 Å². The van der Waals surface area contributed by atoms with Crippen LogP contribution < -0.4 is 19.7 Å². The van der Waals surface area contributed by atoms with Gasteiger partial charge in [0.05, 0.1) is 5.92 Å². The Kier molecular flexibility index (Phi) is 6.67.